The van der Waals surface area contributed by atoms with Gasteiger partial charge >= 0.3 is 0 Å². The van der Waals surface area contributed by atoms with Gasteiger partial charge in [0.15, 0.2) is 6.29 Å². The van der Waals surface area contributed by atoms with Gasteiger partial charge in [0.25, 0.3) is 0 Å². The summed E-state index contributed by atoms with van der Waals surface area (Å²) in [6.45, 7) is 11.5. The maximum absolute atomic E-state index is 5.06. The minimum Gasteiger partial charge on any atom is -0.353 e. The van der Waals surface area contributed by atoms with E-state index in [9.17, 15) is 0 Å². The standard InChI is InChI=1S/C6H14O2.C3H8/c1-4-7-6(3)8-5-2;1-3-2/h6H,4-5H2,1-3H3;3H2,1-2H3. The zero-order valence-corrected chi connectivity index (χ0v) is 8.52. The zero-order valence-electron chi connectivity index (χ0n) is 8.52. The molecular weight excluding hydrogens is 140 g/mol. The van der Waals surface area contributed by atoms with Crippen LogP contribution in [0.4, 0.5) is 0 Å². The summed E-state index contributed by atoms with van der Waals surface area (Å²) in [6, 6.07) is 0. The van der Waals surface area contributed by atoms with Crippen LogP contribution >= 0.6 is 0 Å². The lowest BCUT2D eigenvalue weighted by atomic mass is 10.6. The van der Waals surface area contributed by atoms with Crippen LogP contribution in [0, 0.1) is 0 Å². The van der Waals surface area contributed by atoms with Gasteiger partial charge in [-0.15, -0.1) is 0 Å². The van der Waals surface area contributed by atoms with Crippen LogP contribution in [0.2, 0.25) is 0 Å². The molecule has 0 N–H and O–H groups in total. The van der Waals surface area contributed by atoms with Crippen molar-refractivity contribution in [3.05, 3.63) is 0 Å². The van der Waals surface area contributed by atoms with Gasteiger partial charge in [-0.05, 0) is 20.8 Å². The molecule has 0 atom stereocenters. The van der Waals surface area contributed by atoms with Gasteiger partial charge in [-0.25, -0.2) is 0 Å². The Bertz CT molecular complexity index is 49.5. The van der Waals surface area contributed by atoms with E-state index in [2.05, 4.69) is 13.8 Å². The average Bonchev–Trinajstić information content (AvgIpc) is 1.90. The van der Waals surface area contributed by atoms with E-state index in [1.54, 1.807) is 0 Å². The Balaban J connectivity index is 0. The second kappa shape index (κ2) is 12.6. The Labute approximate surface area is 70.9 Å². The van der Waals surface area contributed by atoms with Gasteiger partial charge in [0.1, 0.15) is 0 Å². The monoisotopic (exact) mass is 162 g/mol. The van der Waals surface area contributed by atoms with Gasteiger partial charge in [0.2, 0.25) is 0 Å². The average molecular weight is 162 g/mol. The van der Waals surface area contributed by atoms with Crippen molar-refractivity contribution in [2.45, 2.75) is 47.3 Å². The highest BCUT2D eigenvalue weighted by atomic mass is 16.7. The summed E-state index contributed by atoms with van der Waals surface area (Å²) in [5.74, 6) is 0. The SMILES string of the molecule is CCC.CCOC(C)OCC. The van der Waals surface area contributed by atoms with Crippen molar-refractivity contribution in [1.29, 1.82) is 0 Å². The Hall–Kier alpha value is -0.0800. The first-order valence-corrected chi connectivity index (χ1v) is 4.45. The third kappa shape index (κ3) is 17.8. The van der Waals surface area contributed by atoms with Crippen LogP contribution in [0.25, 0.3) is 0 Å². The highest BCUT2D eigenvalue weighted by Gasteiger charge is 1.94. The largest absolute Gasteiger partial charge is 0.353 e. The predicted molar refractivity (Wildman–Crippen MR) is 48.7 cm³/mol. The molecule has 0 saturated heterocycles. The molecule has 0 aliphatic carbocycles. The summed E-state index contributed by atoms with van der Waals surface area (Å²) in [5, 5.41) is 0. The molecule has 0 aromatic carbocycles. The molecule has 0 amide bonds. The van der Waals surface area contributed by atoms with Crippen molar-refractivity contribution in [2.75, 3.05) is 13.2 Å². The summed E-state index contributed by atoms with van der Waals surface area (Å²) < 4.78 is 10.1. The van der Waals surface area contributed by atoms with Crippen LogP contribution in [0.3, 0.4) is 0 Å². The van der Waals surface area contributed by atoms with E-state index in [0.29, 0.717) is 0 Å². The molecule has 0 aromatic heterocycles. The Morgan fingerprint density at radius 1 is 0.909 bits per heavy atom. The molecule has 70 valence electrons. The normalized spacial score (nSPS) is 9.27. The lowest BCUT2D eigenvalue weighted by Crippen LogP contribution is -2.11. The minimum atomic E-state index is -0.0370. The molecular formula is C9H22O2. The first-order valence-electron chi connectivity index (χ1n) is 4.45. The van der Waals surface area contributed by atoms with E-state index < -0.39 is 0 Å². The van der Waals surface area contributed by atoms with Crippen LogP contribution in [-0.4, -0.2) is 19.5 Å². The van der Waals surface area contributed by atoms with E-state index in [-0.39, 0.29) is 6.29 Å². The quantitative estimate of drug-likeness (QED) is 0.592. The molecule has 0 unspecified atom stereocenters. The molecule has 0 heterocycles. The summed E-state index contributed by atoms with van der Waals surface area (Å²) >= 11 is 0. The Morgan fingerprint density at radius 2 is 1.18 bits per heavy atom. The number of ether oxygens (including phenoxy) is 2. The van der Waals surface area contributed by atoms with Crippen molar-refractivity contribution in [3.8, 4) is 0 Å². The van der Waals surface area contributed by atoms with Crippen molar-refractivity contribution in [3.63, 3.8) is 0 Å². The van der Waals surface area contributed by atoms with Crippen LogP contribution in [0.1, 0.15) is 41.0 Å². The summed E-state index contributed by atoms with van der Waals surface area (Å²) in [4.78, 5) is 0. The molecule has 2 nitrogen and oxygen atoms in total. The maximum Gasteiger partial charge on any atom is 0.154 e. The molecule has 2 heteroatoms. The molecule has 0 fully saturated rings. The van der Waals surface area contributed by atoms with Crippen molar-refractivity contribution >= 4 is 0 Å². The highest BCUT2D eigenvalue weighted by molar-refractivity contribution is 4.26. The van der Waals surface area contributed by atoms with Gasteiger partial charge in [-0.2, -0.15) is 0 Å². The Kier molecular flexibility index (Phi) is 15.4. The Morgan fingerprint density at radius 3 is 1.36 bits per heavy atom. The van der Waals surface area contributed by atoms with Crippen LogP contribution in [0.5, 0.6) is 0 Å². The van der Waals surface area contributed by atoms with Crippen molar-refractivity contribution < 1.29 is 9.47 Å². The maximum atomic E-state index is 5.06. The van der Waals surface area contributed by atoms with Crippen LogP contribution in [-0.2, 0) is 9.47 Å². The third-order valence-electron chi connectivity index (χ3n) is 0.803. The fourth-order valence-electron chi connectivity index (χ4n) is 0.518. The fourth-order valence-corrected chi connectivity index (χ4v) is 0.518. The van der Waals surface area contributed by atoms with Gasteiger partial charge < -0.3 is 9.47 Å². The topological polar surface area (TPSA) is 18.5 Å². The molecule has 0 radical (unpaired) electrons. The fraction of sp³-hybridized carbons (Fsp3) is 1.00. The van der Waals surface area contributed by atoms with E-state index in [1.807, 2.05) is 20.8 Å². The minimum absolute atomic E-state index is 0.0370. The molecule has 0 aromatic rings. The highest BCUT2D eigenvalue weighted by Crippen LogP contribution is 1.90. The lowest BCUT2D eigenvalue weighted by molar-refractivity contribution is -0.123. The number of hydrogen-bond acceptors (Lipinski definition) is 2. The van der Waals surface area contributed by atoms with Gasteiger partial charge in [0, 0.05) is 13.2 Å². The molecule has 0 aliphatic heterocycles. The first kappa shape index (κ1) is 13.5. The lowest BCUT2D eigenvalue weighted by Gasteiger charge is -2.09. The summed E-state index contributed by atoms with van der Waals surface area (Å²) in [7, 11) is 0. The molecule has 0 bridgehead atoms. The van der Waals surface area contributed by atoms with E-state index in [4.69, 9.17) is 9.47 Å². The van der Waals surface area contributed by atoms with Gasteiger partial charge in [-0.3, -0.25) is 0 Å². The van der Waals surface area contributed by atoms with Crippen molar-refractivity contribution in [1.82, 2.24) is 0 Å². The molecule has 0 rings (SSSR count). The molecule has 0 saturated carbocycles. The van der Waals surface area contributed by atoms with Crippen LogP contribution < -0.4 is 0 Å². The first-order chi connectivity index (χ1) is 5.22. The third-order valence-corrected chi connectivity index (χ3v) is 0.803. The second-order valence-corrected chi connectivity index (χ2v) is 2.19. The number of rotatable bonds is 4. The van der Waals surface area contributed by atoms with Gasteiger partial charge in [-0.1, -0.05) is 20.3 Å². The van der Waals surface area contributed by atoms with Crippen molar-refractivity contribution in [2.24, 2.45) is 0 Å². The van der Waals surface area contributed by atoms with Crippen LogP contribution in [0.15, 0.2) is 0 Å². The molecule has 11 heavy (non-hydrogen) atoms. The van der Waals surface area contributed by atoms with E-state index >= 15 is 0 Å². The van der Waals surface area contributed by atoms with Gasteiger partial charge in [0.05, 0.1) is 0 Å². The summed E-state index contributed by atoms with van der Waals surface area (Å²) in [6.07, 6.45) is 1.21. The summed E-state index contributed by atoms with van der Waals surface area (Å²) in [5.41, 5.74) is 0. The number of hydrogen-bond donors (Lipinski definition) is 0. The smallest absolute Gasteiger partial charge is 0.154 e. The van der Waals surface area contributed by atoms with E-state index in [1.165, 1.54) is 6.42 Å². The van der Waals surface area contributed by atoms with E-state index in [0.717, 1.165) is 13.2 Å². The predicted octanol–water partition coefficient (Wildman–Crippen LogP) is 2.82. The molecule has 0 aliphatic rings. The second-order valence-electron chi connectivity index (χ2n) is 2.19. The zero-order chi connectivity index (χ0) is 9.11. The molecule has 0 spiro atoms.